The molecule has 206 valence electrons. The number of nitrogens with zero attached hydrogens (tertiary/aromatic N) is 3. The molecule has 0 saturated carbocycles. The summed E-state index contributed by atoms with van der Waals surface area (Å²) in [5.41, 5.74) is 1.35. The van der Waals surface area contributed by atoms with E-state index in [1.54, 1.807) is 32.2 Å². The first-order chi connectivity index (χ1) is 18.9. The minimum absolute atomic E-state index is 0.0847. The molecule has 5 rings (SSSR count). The maximum atomic E-state index is 12.9. The molecule has 11 nitrogen and oxygen atoms in total. The molecule has 1 fully saturated rings. The van der Waals surface area contributed by atoms with Crippen molar-refractivity contribution in [2.24, 2.45) is 0 Å². The minimum Gasteiger partial charge on any atom is -0.497 e. The Morgan fingerprint density at radius 3 is 2.85 bits per heavy atom. The van der Waals surface area contributed by atoms with Crippen molar-refractivity contribution in [3.05, 3.63) is 65.4 Å². The van der Waals surface area contributed by atoms with Crippen molar-refractivity contribution in [2.75, 3.05) is 26.7 Å². The molecule has 2 N–H and O–H groups in total. The van der Waals surface area contributed by atoms with Gasteiger partial charge in [0.15, 0.2) is 0 Å². The molecule has 39 heavy (non-hydrogen) atoms. The first-order valence-electron chi connectivity index (χ1n) is 13.1. The zero-order chi connectivity index (χ0) is 27.2. The van der Waals surface area contributed by atoms with Crippen molar-refractivity contribution in [3.63, 3.8) is 0 Å². The zero-order valence-corrected chi connectivity index (χ0v) is 22.1. The van der Waals surface area contributed by atoms with E-state index in [4.69, 9.17) is 18.6 Å². The van der Waals surface area contributed by atoms with Gasteiger partial charge in [-0.05, 0) is 42.7 Å². The molecule has 2 atom stereocenters. The lowest BCUT2D eigenvalue weighted by Gasteiger charge is -2.38. The molecule has 1 saturated heterocycles. The van der Waals surface area contributed by atoms with E-state index in [1.807, 2.05) is 24.3 Å². The number of benzene rings is 2. The van der Waals surface area contributed by atoms with Gasteiger partial charge < -0.3 is 29.3 Å². The molecule has 11 heteroatoms. The number of aromatic nitrogens is 2. The monoisotopic (exact) mass is 535 g/mol. The number of hydrogen-bond acceptors (Lipinski definition) is 9. The number of likely N-dealkylation sites (tertiary alicyclic amines) is 1. The van der Waals surface area contributed by atoms with Gasteiger partial charge in [-0.25, -0.2) is 0 Å². The third-order valence-electron chi connectivity index (χ3n) is 6.75. The van der Waals surface area contributed by atoms with Gasteiger partial charge in [-0.2, -0.15) is 0 Å². The second kappa shape index (κ2) is 12.3. The van der Waals surface area contributed by atoms with E-state index >= 15 is 0 Å². The van der Waals surface area contributed by atoms with E-state index in [9.17, 15) is 9.59 Å². The van der Waals surface area contributed by atoms with Crippen LogP contribution in [0, 0.1) is 6.92 Å². The van der Waals surface area contributed by atoms with Crippen molar-refractivity contribution in [1.29, 1.82) is 0 Å². The summed E-state index contributed by atoms with van der Waals surface area (Å²) >= 11 is 0. The van der Waals surface area contributed by atoms with Gasteiger partial charge in [0.05, 0.1) is 32.4 Å². The maximum Gasteiger partial charge on any atom is 0.251 e. The fourth-order valence-corrected chi connectivity index (χ4v) is 4.82. The lowest BCUT2D eigenvalue weighted by atomic mass is 10.0. The fourth-order valence-electron chi connectivity index (χ4n) is 4.82. The van der Waals surface area contributed by atoms with Crippen molar-refractivity contribution < 1.29 is 28.2 Å². The lowest BCUT2D eigenvalue weighted by molar-refractivity contribution is -0.124. The number of piperidine rings is 1. The summed E-state index contributed by atoms with van der Waals surface area (Å²) in [5.74, 6) is 2.34. The largest absolute Gasteiger partial charge is 0.497 e. The smallest absolute Gasteiger partial charge is 0.251 e. The van der Waals surface area contributed by atoms with Crippen LogP contribution >= 0.6 is 0 Å². The van der Waals surface area contributed by atoms with E-state index in [-0.39, 0.29) is 30.4 Å². The highest BCUT2D eigenvalue weighted by Crippen LogP contribution is 2.28. The summed E-state index contributed by atoms with van der Waals surface area (Å²) in [7, 11) is 1.54. The molecule has 0 radical (unpaired) electrons. The molecule has 2 aliphatic heterocycles. The highest BCUT2D eigenvalue weighted by Gasteiger charge is 2.32. The topological polar surface area (TPSA) is 128 Å². The molecule has 2 aromatic carbocycles. The second-order valence-corrected chi connectivity index (χ2v) is 9.77. The molecule has 1 aromatic heterocycles. The number of carbonyl (C=O) groups is 2. The Labute approximate surface area is 226 Å². The molecule has 4 bridgehead atoms. The van der Waals surface area contributed by atoms with Crippen LogP contribution in [0.5, 0.6) is 17.2 Å². The van der Waals surface area contributed by atoms with Gasteiger partial charge in [0.25, 0.3) is 5.91 Å². The zero-order valence-electron chi connectivity index (χ0n) is 22.1. The first-order valence-corrected chi connectivity index (χ1v) is 13.1. The molecular weight excluding hydrogens is 502 g/mol. The van der Waals surface area contributed by atoms with Crippen LogP contribution in [0.15, 0.2) is 46.9 Å². The molecule has 2 aliphatic rings. The number of amides is 2. The van der Waals surface area contributed by atoms with Crippen molar-refractivity contribution in [3.8, 4) is 17.2 Å². The standard InChI is InChI=1S/C28H33N5O6/c1-18-31-32-27(38-18)16-33-10-8-25-24(15-33)30-26(34)7-4-9-29-28(35)20-12-22(36-2)14-23(13-20)39-21-6-3-5-19(11-21)17-37-25/h3,5-6,11-14,24-25H,4,7-10,15-17H2,1-2H3,(H,29,35)(H,30,34)/t24-,25-/m0/s1. The highest BCUT2D eigenvalue weighted by atomic mass is 16.5. The fraction of sp³-hybridized carbons (Fsp3) is 0.429. The Bertz CT molecular complexity index is 1310. The van der Waals surface area contributed by atoms with Gasteiger partial charge in [-0.3, -0.25) is 14.5 Å². The number of ether oxygens (including phenoxy) is 3. The average molecular weight is 536 g/mol. The Morgan fingerprint density at radius 2 is 2.03 bits per heavy atom. The Balaban J connectivity index is 1.34. The van der Waals surface area contributed by atoms with Crippen LogP contribution in [0.2, 0.25) is 0 Å². The summed E-state index contributed by atoms with van der Waals surface area (Å²) in [6.45, 7) is 4.35. The van der Waals surface area contributed by atoms with Crippen LogP contribution in [0.4, 0.5) is 0 Å². The Kier molecular flexibility index (Phi) is 8.38. The molecule has 3 heterocycles. The molecule has 2 amide bonds. The number of hydrogen-bond donors (Lipinski definition) is 2. The lowest BCUT2D eigenvalue weighted by Crippen LogP contribution is -2.55. The number of aryl methyl sites for hydroxylation is 1. The van der Waals surface area contributed by atoms with Crippen LogP contribution in [-0.4, -0.2) is 65.8 Å². The third-order valence-corrected chi connectivity index (χ3v) is 6.75. The predicted octanol–water partition coefficient (Wildman–Crippen LogP) is 2.98. The van der Waals surface area contributed by atoms with Crippen LogP contribution < -0.4 is 20.1 Å². The van der Waals surface area contributed by atoms with Crippen LogP contribution in [-0.2, 0) is 22.7 Å². The number of rotatable bonds is 3. The molecular formula is C28H33N5O6. The number of carbonyl (C=O) groups excluding carboxylic acids is 2. The van der Waals surface area contributed by atoms with Crippen molar-refractivity contribution in [1.82, 2.24) is 25.7 Å². The van der Waals surface area contributed by atoms with E-state index in [0.29, 0.717) is 67.3 Å². The molecule has 0 aliphatic carbocycles. The van der Waals surface area contributed by atoms with E-state index in [2.05, 4.69) is 25.7 Å². The van der Waals surface area contributed by atoms with Gasteiger partial charge in [-0.15, -0.1) is 10.2 Å². The van der Waals surface area contributed by atoms with Crippen LogP contribution in [0.1, 0.15) is 47.0 Å². The third kappa shape index (κ3) is 7.12. The first kappa shape index (κ1) is 26.6. The molecule has 3 aromatic rings. The SMILES string of the molecule is COc1cc2cc(c1)C(=O)NCCCC(=O)N[C@H]1CN(Cc3nnc(C)o3)CC[C@@H]1OCc1cccc(c1)O2. The number of methoxy groups -OCH3 is 1. The molecule has 0 unspecified atom stereocenters. The summed E-state index contributed by atoms with van der Waals surface area (Å²) in [6, 6.07) is 12.5. The van der Waals surface area contributed by atoms with E-state index < -0.39 is 0 Å². The van der Waals surface area contributed by atoms with Crippen molar-refractivity contribution in [2.45, 2.75) is 51.5 Å². The van der Waals surface area contributed by atoms with Gasteiger partial charge in [0.1, 0.15) is 17.2 Å². The normalized spacial score (nSPS) is 21.0. The van der Waals surface area contributed by atoms with Crippen LogP contribution in [0.25, 0.3) is 0 Å². The Hall–Kier alpha value is -3.96. The van der Waals surface area contributed by atoms with Crippen LogP contribution in [0.3, 0.4) is 0 Å². The minimum atomic E-state index is -0.262. The predicted molar refractivity (Wildman–Crippen MR) is 141 cm³/mol. The van der Waals surface area contributed by atoms with Gasteiger partial charge in [0.2, 0.25) is 17.7 Å². The van der Waals surface area contributed by atoms with E-state index in [0.717, 1.165) is 18.5 Å². The van der Waals surface area contributed by atoms with Crippen molar-refractivity contribution >= 4 is 11.8 Å². The quantitative estimate of drug-likeness (QED) is 0.520. The molecule has 0 spiro atoms. The summed E-state index contributed by atoms with van der Waals surface area (Å²) < 4.78 is 23.4. The van der Waals surface area contributed by atoms with E-state index in [1.165, 1.54) is 0 Å². The van der Waals surface area contributed by atoms with Gasteiger partial charge in [0, 0.05) is 44.6 Å². The number of nitrogens with one attached hydrogen (secondary N) is 2. The highest BCUT2D eigenvalue weighted by molar-refractivity contribution is 5.95. The summed E-state index contributed by atoms with van der Waals surface area (Å²) in [5, 5.41) is 14.0. The second-order valence-electron chi connectivity index (χ2n) is 9.77. The maximum absolute atomic E-state index is 12.9. The average Bonchev–Trinajstić information content (AvgIpc) is 3.34. The summed E-state index contributed by atoms with van der Waals surface area (Å²) in [4.78, 5) is 27.9. The number of fused-ring (bicyclic) bond motifs is 5. The van der Waals surface area contributed by atoms with Gasteiger partial charge in [-0.1, -0.05) is 12.1 Å². The van der Waals surface area contributed by atoms with Gasteiger partial charge >= 0.3 is 0 Å². The summed E-state index contributed by atoms with van der Waals surface area (Å²) in [6.07, 6.45) is 1.34. The Morgan fingerprint density at radius 1 is 1.13 bits per heavy atom.